The lowest BCUT2D eigenvalue weighted by atomic mass is 10.2. The highest BCUT2D eigenvalue weighted by Gasteiger charge is 2.03. The van der Waals surface area contributed by atoms with Gasteiger partial charge in [-0.1, -0.05) is 12.1 Å². The average molecular weight is 255 g/mol. The zero-order valence-electron chi connectivity index (χ0n) is 10.4. The third-order valence-electron chi connectivity index (χ3n) is 2.50. The molecule has 19 heavy (non-hydrogen) atoms. The number of hydrazone groups is 1. The van der Waals surface area contributed by atoms with Gasteiger partial charge in [0, 0.05) is 6.20 Å². The van der Waals surface area contributed by atoms with Gasteiger partial charge >= 0.3 is 5.97 Å². The second-order valence-electron chi connectivity index (χ2n) is 3.91. The first kappa shape index (κ1) is 12.8. The molecule has 1 heterocycles. The Labute approximate surface area is 110 Å². The zero-order chi connectivity index (χ0) is 13.7. The number of hydrogen-bond donors (Lipinski definition) is 2. The predicted octanol–water partition coefficient (Wildman–Crippen LogP) is 2.62. The minimum absolute atomic E-state index is 0.218. The van der Waals surface area contributed by atoms with Crippen LogP contribution in [0, 0.1) is 0 Å². The van der Waals surface area contributed by atoms with Crippen molar-refractivity contribution in [2.24, 2.45) is 5.10 Å². The van der Waals surface area contributed by atoms with Crippen molar-refractivity contribution in [1.82, 2.24) is 4.98 Å². The molecule has 5 heteroatoms. The maximum Gasteiger partial charge on any atom is 0.335 e. The van der Waals surface area contributed by atoms with Crippen LogP contribution in [0.2, 0.25) is 0 Å². The maximum atomic E-state index is 10.8. The van der Waals surface area contributed by atoms with Gasteiger partial charge in [0.25, 0.3) is 0 Å². The van der Waals surface area contributed by atoms with Gasteiger partial charge in [0.2, 0.25) is 0 Å². The lowest BCUT2D eigenvalue weighted by molar-refractivity contribution is 0.0697. The minimum Gasteiger partial charge on any atom is -0.478 e. The Hall–Kier alpha value is -2.69. The Kier molecular flexibility index (Phi) is 3.87. The molecule has 0 aliphatic rings. The smallest absolute Gasteiger partial charge is 0.335 e. The van der Waals surface area contributed by atoms with Crippen LogP contribution in [-0.2, 0) is 0 Å². The van der Waals surface area contributed by atoms with Crippen LogP contribution in [-0.4, -0.2) is 21.8 Å². The molecule has 5 nitrogen and oxygen atoms in total. The van der Waals surface area contributed by atoms with E-state index in [1.807, 2.05) is 25.1 Å². The molecule has 1 aromatic carbocycles. The van der Waals surface area contributed by atoms with Crippen molar-refractivity contribution in [3.8, 4) is 0 Å². The first-order chi connectivity index (χ1) is 9.16. The number of carboxylic acids is 1. The van der Waals surface area contributed by atoms with Crippen LogP contribution < -0.4 is 5.43 Å². The summed E-state index contributed by atoms with van der Waals surface area (Å²) in [5.41, 5.74) is 5.15. The van der Waals surface area contributed by atoms with Crippen molar-refractivity contribution in [2.75, 3.05) is 5.43 Å². The molecule has 0 spiro atoms. The molecule has 0 bridgehead atoms. The molecule has 2 aromatic rings. The number of anilines is 1. The molecule has 0 saturated heterocycles. The Morgan fingerprint density at radius 1 is 1.26 bits per heavy atom. The molecular weight excluding hydrogens is 242 g/mol. The van der Waals surface area contributed by atoms with Gasteiger partial charge in [-0.2, -0.15) is 5.10 Å². The third-order valence-corrected chi connectivity index (χ3v) is 2.50. The Balaban J connectivity index is 2.14. The van der Waals surface area contributed by atoms with Crippen LogP contribution in [0.25, 0.3) is 0 Å². The summed E-state index contributed by atoms with van der Waals surface area (Å²) in [7, 11) is 0. The lowest BCUT2D eigenvalue weighted by Crippen LogP contribution is -2.02. The van der Waals surface area contributed by atoms with Gasteiger partial charge < -0.3 is 5.11 Å². The van der Waals surface area contributed by atoms with Gasteiger partial charge in [0.15, 0.2) is 0 Å². The third kappa shape index (κ3) is 3.38. The molecule has 0 radical (unpaired) electrons. The van der Waals surface area contributed by atoms with Crippen LogP contribution in [0.4, 0.5) is 5.69 Å². The fourth-order valence-corrected chi connectivity index (χ4v) is 1.50. The average Bonchev–Trinajstić information content (AvgIpc) is 2.46. The summed E-state index contributed by atoms with van der Waals surface area (Å²) in [6.07, 6.45) is 1.69. The topological polar surface area (TPSA) is 74.6 Å². The van der Waals surface area contributed by atoms with E-state index in [9.17, 15) is 4.79 Å². The van der Waals surface area contributed by atoms with Crippen molar-refractivity contribution < 1.29 is 9.90 Å². The summed E-state index contributed by atoms with van der Waals surface area (Å²) in [6.45, 7) is 1.83. The van der Waals surface area contributed by atoms with Gasteiger partial charge in [-0.05, 0) is 37.3 Å². The number of nitrogens with one attached hydrogen (secondary N) is 1. The summed E-state index contributed by atoms with van der Waals surface area (Å²) in [5.74, 6) is -0.964. The highest BCUT2D eigenvalue weighted by molar-refractivity contribution is 5.97. The maximum absolute atomic E-state index is 10.8. The summed E-state index contributed by atoms with van der Waals surface area (Å²) in [6, 6.07) is 12.0. The number of benzene rings is 1. The zero-order valence-corrected chi connectivity index (χ0v) is 10.4. The first-order valence-corrected chi connectivity index (χ1v) is 5.72. The van der Waals surface area contributed by atoms with E-state index in [1.165, 1.54) is 12.1 Å². The van der Waals surface area contributed by atoms with Crippen LogP contribution in [0.1, 0.15) is 23.0 Å². The number of carboxylic acid groups (broad SMARTS) is 1. The number of aromatic carboxylic acids is 1. The lowest BCUT2D eigenvalue weighted by Gasteiger charge is -2.03. The highest BCUT2D eigenvalue weighted by Crippen LogP contribution is 2.11. The summed E-state index contributed by atoms with van der Waals surface area (Å²) in [4.78, 5) is 15.0. The molecule has 0 atom stereocenters. The molecule has 0 aliphatic carbocycles. The van der Waals surface area contributed by atoms with E-state index >= 15 is 0 Å². The SMILES string of the molecule is C/C(=N/Nc1cccc(C(=O)O)c1)c1ccccn1. The second kappa shape index (κ2) is 5.77. The van der Waals surface area contributed by atoms with Crippen molar-refractivity contribution in [2.45, 2.75) is 6.92 Å². The Bertz CT molecular complexity index is 609. The molecule has 0 unspecified atom stereocenters. The fourth-order valence-electron chi connectivity index (χ4n) is 1.50. The summed E-state index contributed by atoms with van der Waals surface area (Å²) < 4.78 is 0. The van der Waals surface area contributed by atoms with Gasteiger partial charge in [-0.15, -0.1) is 0 Å². The van der Waals surface area contributed by atoms with Crippen LogP contribution in [0.15, 0.2) is 53.8 Å². The highest BCUT2D eigenvalue weighted by atomic mass is 16.4. The van der Waals surface area contributed by atoms with E-state index in [2.05, 4.69) is 15.5 Å². The molecular formula is C14H13N3O2. The number of nitrogens with zero attached hydrogens (tertiary/aromatic N) is 2. The van der Waals surface area contributed by atoms with E-state index in [4.69, 9.17) is 5.11 Å². The quantitative estimate of drug-likeness (QED) is 0.650. The number of rotatable bonds is 4. The van der Waals surface area contributed by atoms with Gasteiger partial charge in [-0.3, -0.25) is 10.4 Å². The molecule has 0 aliphatic heterocycles. The second-order valence-corrected chi connectivity index (χ2v) is 3.91. The number of aromatic nitrogens is 1. The first-order valence-electron chi connectivity index (χ1n) is 5.72. The van der Waals surface area contributed by atoms with Gasteiger partial charge in [0.1, 0.15) is 0 Å². The fraction of sp³-hybridized carbons (Fsp3) is 0.0714. The number of carbonyl (C=O) groups is 1. The van der Waals surface area contributed by atoms with E-state index in [0.29, 0.717) is 5.69 Å². The molecule has 0 fully saturated rings. The summed E-state index contributed by atoms with van der Waals surface area (Å²) >= 11 is 0. The van der Waals surface area contributed by atoms with Crippen molar-refractivity contribution in [3.63, 3.8) is 0 Å². The monoisotopic (exact) mass is 255 g/mol. The Morgan fingerprint density at radius 3 is 2.79 bits per heavy atom. The number of pyridine rings is 1. The van der Waals surface area contributed by atoms with Crippen LogP contribution >= 0.6 is 0 Å². The molecule has 1 aromatic heterocycles. The molecule has 0 amide bonds. The standard InChI is InChI=1S/C14H13N3O2/c1-10(13-7-2-3-8-15-13)16-17-12-6-4-5-11(9-12)14(18)19/h2-9,17H,1H3,(H,18,19)/b16-10-. The molecule has 96 valence electrons. The minimum atomic E-state index is -0.964. The molecule has 2 rings (SSSR count). The van der Waals surface area contributed by atoms with E-state index in [-0.39, 0.29) is 5.56 Å². The van der Waals surface area contributed by atoms with Crippen molar-refractivity contribution >= 4 is 17.4 Å². The van der Waals surface area contributed by atoms with Gasteiger partial charge in [0.05, 0.1) is 22.7 Å². The largest absolute Gasteiger partial charge is 0.478 e. The predicted molar refractivity (Wildman–Crippen MR) is 73.5 cm³/mol. The molecule has 2 N–H and O–H groups in total. The number of hydrogen-bond acceptors (Lipinski definition) is 4. The van der Waals surface area contributed by atoms with E-state index in [1.54, 1.807) is 18.3 Å². The summed E-state index contributed by atoms with van der Waals surface area (Å²) in [5, 5.41) is 13.1. The Morgan fingerprint density at radius 2 is 2.11 bits per heavy atom. The van der Waals surface area contributed by atoms with E-state index in [0.717, 1.165) is 11.4 Å². The van der Waals surface area contributed by atoms with Crippen molar-refractivity contribution in [3.05, 3.63) is 59.9 Å². The normalized spacial score (nSPS) is 11.1. The molecule has 0 saturated carbocycles. The van der Waals surface area contributed by atoms with E-state index < -0.39 is 5.97 Å². The van der Waals surface area contributed by atoms with Crippen LogP contribution in [0.3, 0.4) is 0 Å². The van der Waals surface area contributed by atoms with Gasteiger partial charge in [-0.25, -0.2) is 4.79 Å². The van der Waals surface area contributed by atoms with Crippen LogP contribution in [0.5, 0.6) is 0 Å². The van der Waals surface area contributed by atoms with Crippen molar-refractivity contribution in [1.29, 1.82) is 0 Å².